The Morgan fingerprint density at radius 2 is 0.772 bits per heavy atom. The topological polar surface area (TPSA) is 401 Å². The molecule has 136 heavy (non-hydrogen) atoms. The SMILES string of the molecule is C#CC(O)C12O[C@@H](n3cc(C)c(=O)n(COCc4ccccc4)c3=O)[C@H](O[C@@H]1CC=C)[C@@H]2OC.C=CC[C@H]1O[C@H]2[C@H](n3cc(C)c(=O)n(COCc4ccccc4)c3=O)OC1([C@@H](O)C=C)[C@H]2OC.C=CC[C@H]1O[C@H]2[C@H](n3cc(C)c(=O)n(COCc4ccccc4)c3=O)O[C@]1(C=O)[C@H]2OC.CO[C@H]1[C@H]2O[C@@H]3CC=C[C@H](O)C31O[C@H]2n1cc(C)c(=O)n(COCc2ccccc2)c1=O.[Br-].[C-]#C.[Mg+2]. The van der Waals surface area contributed by atoms with E-state index >= 15 is 0 Å². The van der Waals surface area contributed by atoms with Gasteiger partial charge in [0.25, 0.3) is 22.2 Å². The number of hydrogen-bond donors (Lipinski definition) is 3. The molecule has 4 aromatic heterocycles. The number of fused-ring (bicyclic) bond motifs is 7. The summed E-state index contributed by atoms with van der Waals surface area (Å²) in [5.74, 6) is 2.31. The third-order valence-electron chi connectivity index (χ3n) is 25.3. The summed E-state index contributed by atoms with van der Waals surface area (Å²) >= 11 is 0. The van der Waals surface area contributed by atoms with E-state index in [1.165, 1.54) is 77.6 Å². The predicted molar refractivity (Wildman–Crippen MR) is 488 cm³/mol. The molecule has 23 atom stereocenters. The molecule has 8 fully saturated rings. The monoisotopic (exact) mass is 1950 g/mol. The number of ether oxygens (including phenoxy) is 16. The number of aldehydes is 1. The van der Waals surface area contributed by atoms with E-state index in [-0.39, 0.29) is 99.5 Å². The molecule has 38 heteroatoms. The van der Waals surface area contributed by atoms with Crippen molar-refractivity contribution in [3.8, 4) is 18.8 Å². The molecule has 8 bridgehead atoms. The summed E-state index contributed by atoms with van der Waals surface area (Å²) < 4.78 is 104. The number of aryl methyl sites for hydroxylation is 4. The van der Waals surface area contributed by atoms with Crippen LogP contribution in [0.4, 0.5) is 0 Å². The average Bonchev–Trinajstić information content (AvgIpc) is 1.54. The van der Waals surface area contributed by atoms with Gasteiger partial charge >= 0.3 is 45.8 Å². The largest absolute Gasteiger partial charge is 2.00 e. The number of hydrogen-bond acceptors (Lipinski definition) is 28. The molecule has 12 heterocycles. The standard InChI is InChI=1S/C25H30N2O7.C25H28N2O7.2C23H26N2O7.C2H.BrH.Mg/c2*1-5-10-19-25(18(28)6-2)21(31-4)20(33-19)23(34-25)26-13-16(3)22(29)27(24(26)30)15-32-14-17-11-8-7-9-12-17;1-14-11-24(22(28)25(20(14)27)13-30-12-15-7-4-3-5-8-15)21-18-19(29-2)23(32-21)16(26)9-6-10-17(23)31-18;1-4-8-17-23(13-26)19(29-3)18(31-17)21(32-23)24-11-15(2)20(27)25(22(24)28)14-30-12-16-9-6-5-7-10-16;1-2;;/h5-9,11-13,18-21,23,28H,1-2,10,14-15H2,3-4H3;2,5,7-9,11-13,18-21,23,28H,1,10,14-15H2,3-4H3;3-9,11,16-19,21,26H,10,12-13H2,1-2H3;4-7,9-11,13,17-19,21H,1,8,12,14H2,2-3H3;1H;1H;/q;;;;-1;;+2/p-1/t18-,19+,20+,21-,23+,25?;18?,19-,20-,21+,23-,25?;16-,17+,18+,19-,21+,23?;17-,18-,19+,21-,23+;;;/m0101.../s1. The summed E-state index contributed by atoms with van der Waals surface area (Å²) in [7, 11) is 5.97. The number of aliphatic hydroxyl groups excluding tert-OH is 3. The van der Waals surface area contributed by atoms with Crippen molar-refractivity contribution < 1.29 is 113 Å². The summed E-state index contributed by atoms with van der Waals surface area (Å²) in [4.78, 5) is 116. The van der Waals surface area contributed by atoms with Crippen LogP contribution in [0.2, 0.25) is 0 Å². The molecule has 4 unspecified atom stereocenters. The summed E-state index contributed by atoms with van der Waals surface area (Å²) in [6.45, 7) is 21.4. The molecule has 1 spiro atoms. The van der Waals surface area contributed by atoms with Crippen LogP contribution in [0.15, 0.2) is 247 Å². The van der Waals surface area contributed by atoms with Crippen LogP contribution in [0, 0.1) is 52.9 Å². The Labute approximate surface area is 809 Å². The average molecular weight is 1950 g/mol. The zero-order chi connectivity index (χ0) is 96.3. The first-order valence-corrected chi connectivity index (χ1v) is 43.3. The third kappa shape index (κ3) is 19.9. The Kier molecular flexibility index (Phi) is 36.1. The molecule has 17 rings (SSSR count). The molecule has 36 nitrogen and oxygen atoms in total. The first kappa shape index (κ1) is 106. The zero-order valence-corrected chi connectivity index (χ0v) is 79.5. The Bertz CT molecular complexity index is 6140. The van der Waals surface area contributed by atoms with Gasteiger partial charge in [0.1, 0.15) is 100 Å². The van der Waals surface area contributed by atoms with Gasteiger partial charge in [0.05, 0.1) is 44.7 Å². The Hall–Kier alpha value is -10.4. The van der Waals surface area contributed by atoms with Crippen LogP contribution in [-0.2, 0) is 134 Å². The molecule has 8 aromatic rings. The molecular weight excluding hydrogens is 1840 g/mol. The quantitative estimate of drug-likeness (QED) is 0.0170. The number of halogens is 1. The minimum absolute atomic E-state index is 0. The molecule has 8 aliphatic heterocycles. The number of rotatable bonds is 34. The molecule has 1 aliphatic carbocycles. The smallest absolute Gasteiger partial charge is 1.00 e. The maximum atomic E-state index is 13.4. The summed E-state index contributed by atoms with van der Waals surface area (Å²) in [5, 5.41) is 32.3. The predicted octanol–water partition coefficient (Wildman–Crippen LogP) is 1.79. The van der Waals surface area contributed by atoms with Gasteiger partial charge in [0.15, 0.2) is 53.6 Å². The van der Waals surface area contributed by atoms with Gasteiger partial charge in [0, 0.05) is 75.5 Å². The minimum Gasteiger partial charge on any atom is -1.00 e. The molecular formula is C98H111BrMgN8O28. The normalized spacial score (nSPS) is 28.8. The van der Waals surface area contributed by atoms with Crippen molar-refractivity contribution in [2.75, 3.05) is 28.4 Å². The van der Waals surface area contributed by atoms with Crippen LogP contribution < -0.4 is 62.0 Å². The van der Waals surface area contributed by atoms with Crippen molar-refractivity contribution in [1.82, 2.24) is 36.5 Å². The van der Waals surface area contributed by atoms with Crippen LogP contribution in [0.25, 0.3) is 0 Å². The van der Waals surface area contributed by atoms with E-state index in [1.807, 2.05) is 127 Å². The summed E-state index contributed by atoms with van der Waals surface area (Å²) in [5.41, 5.74) is -4.34. The molecule has 9 aliphatic rings. The number of aliphatic hydroxyl groups is 3. The van der Waals surface area contributed by atoms with E-state index in [9.17, 15) is 58.5 Å². The number of carbonyl (C=O) groups is 1. The number of aromatic nitrogens is 8. The van der Waals surface area contributed by atoms with Gasteiger partial charge in [-0.05, 0) is 75.6 Å². The van der Waals surface area contributed by atoms with Gasteiger partial charge in [-0.2, -0.15) is 0 Å². The fourth-order valence-corrected chi connectivity index (χ4v) is 19.1. The van der Waals surface area contributed by atoms with E-state index in [0.717, 1.165) is 40.5 Å². The maximum Gasteiger partial charge on any atom is 2.00 e. The molecule has 8 saturated heterocycles. The van der Waals surface area contributed by atoms with E-state index in [2.05, 4.69) is 38.7 Å². The molecule has 0 radical (unpaired) electrons. The van der Waals surface area contributed by atoms with Gasteiger partial charge in [0.2, 0.25) is 0 Å². The number of benzene rings is 4. The fraction of sp³-hybridized carbons (Fsp3) is 0.439. The van der Waals surface area contributed by atoms with Gasteiger partial charge in [-0.3, -0.25) is 42.2 Å². The Balaban J connectivity index is 0.000000172. The van der Waals surface area contributed by atoms with E-state index in [0.29, 0.717) is 54.2 Å². The van der Waals surface area contributed by atoms with E-state index in [1.54, 1.807) is 52.0 Å². The molecule has 0 saturated carbocycles. The zero-order valence-electron chi connectivity index (χ0n) is 76.5. The van der Waals surface area contributed by atoms with Crippen LogP contribution in [0.3, 0.4) is 0 Å². The van der Waals surface area contributed by atoms with Crippen molar-refractivity contribution in [3.63, 3.8) is 0 Å². The summed E-state index contributed by atoms with van der Waals surface area (Å²) in [6.07, 6.45) is 18.0. The van der Waals surface area contributed by atoms with Crippen molar-refractivity contribution in [2.45, 2.75) is 246 Å². The van der Waals surface area contributed by atoms with Gasteiger partial charge in [-0.1, -0.05) is 164 Å². The van der Waals surface area contributed by atoms with Gasteiger partial charge in [-0.25, -0.2) is 37.4 Å². The van der Waals surface area contributed by atoms with Crippen LogP contribution in [0.5, 0.6) is 0 Å². The Morgan fingerprint density at radius 1 is 0.463 bits per heavy atom. The van der Waals surface area contributed by atoms with Gasteiger partial charge in [-0.15, -0.1) is 32.7 Å². The van der Waals surface area contributed by atoms with Crippen molar-refractivity contribution >= 4 is 29.3 Å². The van der Waals surface area contributed by atoms with E-state index < -0.39 is 178 Å². The van der Waals surface area contributed by atoms with Crippen molar-refractivity contribution in [1.29, 1.82) is 0 Å². The first-order chi connectivity index (χ1) is 64.7. The number of carbonyl (C=O) groups excluding carboxylic acids is 1. The molecule has 3 N–H and O–H groups in total. The van der Waals surface area contributed by atoms with Gasteiger partial charge < -0.3 is 121 Å². The molecule has 4 aromatic carbocycles. The van der Waals surface area contributed by atoms with Crippen LogP contribution in [0.1, 0.15) is 95.1 Å². The Morgan fingerprint density at radius 3 is 1.11 bits per heavy atom. The van der Waals surface area contributed by atoms with Crippen molar-refractivity contribution in [2.24, 2.45) is 0 Å². The number of methoxy groups -OCH3 is 4. The number of terminal acetylenes is 2. The fourth-order valence-electron chi connectivity index (χ4n) is 19.1. The molecule has 0 amide bonds. The third-order valence-corrected chi connectivity index (χ3v) is 25.3. The van der Waals surface area contributed by atoms with Crippen molar-refractivity contribution in [3.05, 3.63) is 343 Å². The second-order valence-corrected chi connectivity index (χ2v) is 33.3. The minimum atomic E-state index is -1.40. The second-order valence-electron chi connectivity index (χ2n) is 33.3. The van der Waals surface area contributed by atoms with Crippen LogP contribution >= 0.6 is 0 Å². The van der Waals surface area contributed by atoms with Crippen LogP contribution in [-0.4, -0.2) is 224 Å². The first-order valence-electron chi connectivity index (χ1n) is 43.3. The maximum absolute atomic E-state index is 13.4. The molecule has 720 valence electrons. The van der Waals surface area contributed by atoms with E-state index in [4.69, 9.17) is 88.6 Å². The second kappa shape index (κ2) is 46.4. The number of nitrogens with zero attached hydrogens (tertiary/aromatic N) is 8. The summed E-state index contributed by atoms with van der Waals surface area (Å²) in [6, 6.07) is 37.8.